The summed E-state index contributed by atoms with van der Waals surface area (Å²) in [6.45, 7) is 6.07. The van der Waals surface area contributed by atoms with Gasteiger partial charge in [-0.1, -0.05) is 67.6 Å². The number of benzene rings is 2. The average Bonchev–Trinajstić information content (AvgIpc) is 2.75. The third kappa shape index (κ3) is 5.45. The van der Waals surface area contributed by atoms with Crippen LogP contribution in [0.2, 0.25) is 0 Å². The normalized spacial score (nSPS) is 20.3. The summed E-state index contributed by atoms with van der Waals surface area (Å²) in [5.41, 5.74) is 2.08. The number of carbonyl (C=O) groups excluding carboxylic acids is 2. The molecule has 1 aliphatic rings. The predicted octanol–water partition coefficient (Wildman–Crippen LogP) is 3.28. The number of nitrogens with one attached hydrogen (secondary N) is 2. The highest BCUT2D eigenvalue weighted by atomic mass is 16.2. The van der Waals surface area contributed by atoms with Gasteiger partial charge < -0.3 is 15.5 Å². The smallest absolute Gasteiger partial charge is 0.225 e. The van der Waals surface area contributed by atoms with Gasteiger partial charge in [-0.25, -0.2) is 0 Å². The van der Waals surface area contributed by atoms with E-state index in [0.29, 0.717) is 25.9 Å². The Morgan fingerprint density at radius 2 is 1.76 bits per heavy atom. The molecule has 5 nitrogen and oxygen atoms in total. The molecule has 1 fully saturated rings. The van der Waals surface area contributed by atoms with Gasteiger partial charge in [-0.3, -0.25) is 9.59 Å². The Bertz CT molecular complexity index is 794. The number of carbonyl (C=O) groups is 2. The quantitative estimate of drug-likeness (QED) is 0.724. The Balaban J connectivity index is 1.84. The van der Waals surface area contributed by atoms with Crippen LogP contribution in [0, 0.1) is 5.92 Å². The lowest BCUT2D eigenvalue weighted by molar-refractivity contribution is -0.144. The molecule has 0 saturated carbocycles. The summed E-state index contributed by atoms with van der Waals surface area (Å²) >= 11 is 0. The number of amides is 2. The third-order valence-corrected chi connectivity index (χ3v) is 5.52. The Labute approximate surface area is 173 Å². The van der Waals surface area contributed by atoms with Crippen LogP contribution in [0.3, 0.4) is 0 Å². The van der Waals surface area contributed by atoms with Gasteiger partial charge in [-0.05, 0) is 31.0 Å². The zero-order chi connectivity index (χ0) is 20.6. The summed E-state index contributed by atoms with van der Waals surface area (Å²) in [6, 6.07) is 19.9. The number of likely N-dealkylation sites (tertiary alicyclic amines) is 1. The predicted molar refractivity (Wildman–Crippen MR) is 115 cm³/mol. The summed E-state index contributed by atoms with van der Waals surface area (Å²) in [6.07, 6.45) is 0.974. The average molecular weight is 394 g/mol. The number of nitrogens with zero attached hydrogens (tertiary/aromatic N) is 1. The lowest BCUT2D eigenvalue weighted by Crippen LogP contribution is -2.49. The van der Waals surface area contributed by atoms with E-state index in [0.717, 1.165) is 17.7 Å². The molecule has 1 aliphatic heterocycles. The molecule has 29 heavy (non-hydrogen) atoms. The number of hydrogen-bond donors (Lipinski definition) is 2. The molecule has 1 heterocycles. The molecule has 5 heteroatoms. The molecule has 2 amide bonds. The van der Waals surface area contributed by atoms with Crippen molar-refractivity contribution >= 4 is 11.8 Å². The number of rotatable bonds is 8. The summed E-state index contributed by atoms with van der Waals surface area (Å²) in [4.78, 5) is 27.9. The Hall–Kier alpha value is -2.66. The van der Waals surface area contributed by atoms with Crippen LogP contribution in [0.15, 0.2) is 60.7 Å². The maximum atomic E-state index is 13.1. The Morgan fingerprint density at radius 1 is 1.10 bits per heavy atom. The van der Waals surface area contributed by atoms with Gasteiger partial charge in [0.15, 0.2) is 0 Å². The molecule has 2 unspecified atom stereocenters. The summed E-state index contributed by atoms with van der Waals surface area (Å²) in [5, 5.41) is 6.41. The van der Waals surface area contributed by atoms with E-state index >= 15 is 0 Å². The minimum Gasteiger partial charge on any atom is -0.354 e. The number of likely N-dealkylation sites (N-methyl/N-ethyl adjacent to an activating group) is 1. The first kappa shape index (κ1) is 21.1. The van der Waals surface area contributed by atoms with Crippen LogP contribution < -0.4 is 10.6 Å². The van der Waals surface area contributed by atoms with Crippen molar-refractivity contribution in [2.24, 2.45) is 5.92 Å². The van der Waals surface area contributed by atoms with Gasteiger partial charge in [0.2, 0.25) is 11.8 Å². The first-order valence-electron chi connectivity index (χ1n) is 10.5. The Morgan fingerprint density at radius 3 is 2.41 bits per heavy atom. The molecule has 0 spiro atoms. The molecule has 0 aliphatic carbocycles. The molecule has 0 radical (unpaired) electrons. The van der Waals surface area contributed by atoms with E-state index in [9.17, 15) is 9.59 Å². The van der Waals surface area contributed by atoms with Crippen LogP contribution in [0.1, 0.15) is 43.9 Å². The molecular weight excluding hydrogens is 362 g/mol. The van der Waals surface area contributed by atoms with E-state index in [4.69, 9.17) is 0 Å². The summed E-state index contributed by atoms with van der Waals surface area (Å²) in [7, 11) is 0. The largest absolute Gasteiger partial charge is 0.354 e. The Kier molecular flexibility index (Phi) is 7.42. The van der Waals surface area contributed by atoms with E-state index in [1.54, 1.807) is 0 Å². The molecule has 1 saturated heterocycles. The maximum Gasteiger partial charge on any atom is 0.225 e. The highest BCUT2D eigenvalue weighted by Gasteiger charge is 2.40. The van der Waals surface area contributed by atoms with Crippen LogP contribution in [-0.2, 0) is 16.1 Å². The van der Waals surface area contributed by atoms with Gasteiger partial charge >= 0.3 is 0 Å². The second-order valence-electron chi connectivity index (χ2n) is 7.71. The second-order valence-corrected chi connectivity index (χ2v) is 7.71. The third-order valence-electron chi connectivity index (χ3n) is 5.52. The lowest BCUT2D eigenvalue weighted by atomic mass is 9.83. The van der Waals surface area contributed by atoms with E-state index in [1.807, 2.05) is 65.6 Å². The van der Waals surface area contributed by atoms with Crippen molar-refractivity contribution in [3.8, 4) is 0 Å². The lowest BCUT2D eigenvalue weighted by Gasteiger charge is -2.41. The molecule has 3 atom stereocenters. The summed E-state index contributed by atoms with van der Waals surface area (Å²) < 4.78 is 0. The van der Waals surface area contributed by atoms with Crippen molar-refractivity contribution in [1.29, 1.82) is 0 Å². The highest BCUT2D eigenvalue weighted by molar-refractivity contribution is 5.85. The van der Waals surface area contributed by atoms with Crippen molar-refractivity contribution < 1.29 is 9.59 Å². The van der Waals surface area contributed by atoms with E-state index < -0.39 is 0 Å². The van der Waals surface area contributed by atoms with Crippen molar-refractivity contribution in [2.75, 3.05) is 13.1 Å². The van der Waals surface area contributed by atoms with Crippen molar-refractivity contribution in [3.63, 3.8) is 0 Å². The molecule has 3 rings (SSSR count). The maximum absolute atomic E-state index is 13.1. The first-order chi connectivity index (χ1) is 14.1. The molecule has 154 valence electrons. The minimum atomic E-state index is -0.257. The first-order valence-corrected chi connectivity index (χ1v) is 10.5. The van der Waals surface area contributed by atoms with Gasteiger partial charge in [-0.15, -0.1) is 0 Å². The molecule has 0 bridgehead atoms. The topological polar surface area (TPSA) is 61.4 Å². The van der Waals surface area contributed by atoms with Crippen LogP contribution in [-0.4, -0.2) is 35.8 Å². The van der Waals surface area contributed by atoms with Crippen LogP contribution in [0.4, 0.5) is 0 Å². The standard InChI is InChI=1S/C24H31N3O2/c1-3-25-18(2)16-26-24(29)21-14-15-22(28)27(17-19-10-6-4-7-11-19)23(21)20-12-8-5-9-13-20/h4-13,18,21,23,25H,3,14-17H2,1-2H3,(H,26,29)/t18-,21?,23?/m1/s1. The fraction of sp³-hybridized carbons (Fsp3) is 0.417. The minimum absolute atomic E-state index is 0.0224. The molecule has 2 N–H and O–H groups in total. The monoisotopic (exact) mass is 393 g/mol. The molecule has 2 aromatic carbocycles. The van der Waals surface area contributed by atoms with Gasteiger partial charge in [0.05, 0.1) is 12.0 Å². The zero-order valence-corrected chi connectivity index (χ0v) is 17.3. The van der Waals surface area contributed by atoms with Gasteiger partial charge in [0.1, 0.15) is 0 Å². The second kappa shape index (κ2) is 10.2. The van der Waals surface area contributed by atoms with Gasteiger partial charge in [0, 0.05) is 25.6 Å². The molecule has 0 aromatic heterocycles. The van der Waals surface area contributed by atoms with E-state index in [-0.39, 0.29) is 29.8 Å². The van der Waals surface area contributed by atoms with Gasteiger partial charge in [-0.2, -0.15) is 0 Å². The fourth-order valence-electron chi connectivity index (χ4n) is 4.06. The SMILES string of the molecule is CCN[C@H](C)CNC(=O)C1CCC(=O)N(Cc2ccccc2)C1c1ccccc1. The van der Waals surface area contributed by atoms with Crippen LogP contribution >= 0.6 is 0 Å². The molecular formula is C24H31N3O2. The van der Waals surface area contributed by atoms with Crippen LogP contribution in [0.25, 0.3) is 0 Å². The summed E-state index contributed by atoms with van der Waals surface area (Å²) in [5.74, 6) is -0.130. The molecule has 2 aromatic rings. The highest BCUT2D eigenvalue weighted by Crippen LogP contribution is 2.37. The van der Waals surface area contributed by atoms with E-state index in [2.05, 4.69) is 24.5 Å². The van der Waals surface area contributed by atoms with Gasteiger partial charge in [0.25, 0.3) is 0 Å². The number of piperidine rings is 1. The van der Waals surface area contributed by atoms with Crippen molar-refractivity contribution in [3.05, 3.63) is 71.8 Å². The van der Waals surface area contributed by atoms with Crippen molar-refractivity contribution in [2.45, 2.75) is 45.3 Å². The van der Waals surface area contributed by atoms with Crippen LogP contribution in [0.5, 0.6) is 0 Å². The fourth-order valence-corrected chi connectivity index (χ4v) is 4.06. The zero-order valence-electron chi connectivity index (χ0n) is 17.3. The van der Waals surface area contributed by atoms with E-state index in [1.165, 1.54) is 0 Å². The number of hydrogen-bond acceptors (Lipinski definition) is 3. The van der Waals surface area contributed by atoms with Crippen molar-refractivity contribution in [1.82, 2.24) is 15.5 Å².